The highest BCUT2D eigenvalue weighted by Crippen LogP contribution is 2.40. The molecule has 0 bridgehead atoms. The summed E-state index contributed by atoms with van der Waals surface area (Å²) in [6.45, 7) is 6.25. The molecule has 1 aliphatic rings. The first-order valence-electron chi connectivity index (χ1n) is 9.52. The standard InChI is InChI=1S/C21H30O4/c1-4-7-8-9-10-16-11-12-17-14-21(15-18(17)13-16,19(22)24-5-2)20(23)25-6-3/h11-13H,4-10,14-15H2,1-3H3. The molecule has 0 aliphatic heterocycles. The van der Waals surface area contributed by atoms with Gasteiger partial charge in [-0.05, 0) is 56.2 Å². The largest absolute Gasteiger partial charge is 0.465 e. The van der Waals surface area contributed by atoms with Gasteiger partial charge in [0.05, 0.1) is 13.2 Å². The lowest BCUT2D eigenvalue weighted by Crippen LogP contribution is -2.43. The Morgan fingerprint density at radius 1 is 0.920 bits per heavy atom. The minimum absolute atomic E-state index is 0.263. The van der Waals surface area contributed by atoms with Crippen molar-refractivity contribution in [2.75, 3.05) is 13.2 Å². The highest BCUT2D eigenvalue weighted by atomic mass is 16.6. The van der Waals surface area contributed by atoms with Gasteiger partial charge in [-0.1, -0.05) is 44.4 Å². The number of carbonyl (C=O) groups is 2. The number of hydrogen-bond donors (Lipinski definition) is 0. The van der Waals surface area contributed by atoms with Gasteiger partial charge in [0.2, 0.25) is 0 Å². The molecule has 0 spiro atoms. The summed E-state index contributed by atoms with van der Waals surface area (Å²) in [5, 5.41) is 0. The Labute approximate surface area is 150 Å². The van der Waals surface area contributed by atoms with Crippen LogP contribution in [-0.4, -0.2) is 25.2 Å². The van der Waals surface area contributed by atoms with Crippen molar-refractivity contribution in [3.63, 3.8) is 0 Å². The van der Waals surface area contributed by atoms with E-state index in [2.05, 4.69) is 25.1 Å². The Kier molecular flexibility index (Phi) is 7.03. The lowest BCUT2D eigenvalue weighted by atomic mass is 9.84. The van der Waals surface area contributed by atoms with Crippen LogP contribution >= 0.6 is 0 Å². The third-order valence-electron chi connectivity index (χ3n) is 4.91. The maximum absolute atomic E-state index is 12.6. The summed E-state index contributed by atoms with van der Waals surface area (Å²) < 4.78 is 10.4. The Morgan fingerprint density at radius 2 is 1.56 bits per heavy atom. The minimum atomic E-state index is -1.21. The van der Waals surface area contributed by atoms with Crippen LogP contribution in [0.3, 0.4) is 0 Å². The fourth-order valence-electron chi connectivity index (χ4n) is 3.55. The van der Waals surface area contributed by atoms with Gasteiger partial charge >= 0.3 is 11.9 Å². The second kappa shape index (κ2) is 9.02. The third kappa shape index (κ3) is 4.42. The number of hydrogen-bond acceptors (Lipinski definition) is 4. The van der Waals surface area contributed by atoms with Crippen molar-refractivity contribution in [3.05, 3.63) is 34.9 Å². The van der Waals surface area contributed by atoms with Crippen LogP contribution < -0.4 is 0 Å². The molecule has 0 radical (unpaired) electrons. The summed E-state index contributed by atoms with van der Waals surface area (Å²) in [4.78, 5) is 25.1. The molecular formula is C21H30O4. The SMILES string of the molecule is CCCCCCc1ccc2c(c1)CC(C(=O)OCC)(C(=O)OCC)C2. The molecule has 0 atom stereocenters. The van der Waals surface area contributed by atoms with E-state index in [9.17, 15) is 9.59 Å². The fraction of sp³-hybridized carbons (Fsp3) is 0.619. The predicted octanol–water partition coefficient (Wildman–Crippen LogP) is 4.02. The van der Waals surface area contributed by atoms with Crippen LogP contribution in [0.25, 0.3) is 0 Å². The van der Waals surface area contributed by atoms with Crippen molar-refractivity contribution in [1.29, 1.82) is 0 Å². The van der Waals surface area contributed by atoms with Crippen LogP contribution in [0.15, 0.2) is 18.2 Å². The molecule has 0 saturated carbocycles. The highest BCUT2D eigenvalue weighted by Gasteiger charge is 2.52. The number of esters is 2. The van der Waals surface area contributed by atoms with Crippen LogP contribution in [0.1, 0.15) is 63.1 Å². The number of benzene rings is 1. The predicted molar refractivity (Wildman–Crippen MR) is 97.4 cm³/mol. The van der Waals surface area contributed by atoms with Crippen LogP contribution in [0.2, 0.25) is 0 Å². The summed E-state index contributed by atoms with van der Waals surface area (Å²) in [5.74, 6) is -0.928. The number of carbonyl (C=O) groups excluding carboxylic acids is 2. The van der Waals surface area contributed by atoms with Gasteiger partial charge in [0.25, 0.3) is 0 Å². The molecule has 0 N–H and O–H groups in total. The molecule has 0 fully saturated rings. The normalized spacial score (nSPS) is 14.8. The van der Waals surface area contributed by atoms with Crippen molar-refractivity contribution in [3.8, 4) is 0 Å². The van der Waals surface area contributed by atoms with Crippen molar-refractivity contribution < 1.29 is 19.1 Å². The Hall–Kier alpha value is -1.84. The van der Waals surface area contributed by atoms with Gasteiger partial charge in [-0.3, -0.25) is 9.59 Å². The van der Waals surface area contributed by atoms with E-state index in [0.29, 0.717) is 12.8 Å². The fourth-order valence-corrected chi connectivity index (χ4v) is 3.55. The molecule has 4 heteroatoms. The molecule has 0 saturated heterocycles. The van der Waals surface area contributed by atoms with E-state index in [-0.39, 0.29) is 13.2 Å². The summed E-state index contributed by atoms with van der Waals surface area (Å²) in [7, 11) is 0. The maximum atomic E-state index is 12.6. The highest BCUT2D eigenvalue weighted by molar-refractivity contribution is 6.01. The zero-order chi connectivity index (χ0) is 18.3. The van der Waals surface area contributed by atoms with E-state index in [0.717, 1.165) is 17.5 Å². The number of rotatable bonds is 9. The van der Waals surface area contributed by atoms with Gasteiger partial charge < -0.3 is 9.47 Å². The molecule has 1 aromatic rings. The lowest BCUT2D eigenvalue weighted by molar-refractivity contribution is -0.171. The van der Waals surface area contributed by atoms with Crippen LogP contribution in [-0.2, 0) is 38.3 Å². The van der Waals surface area contributed by atoms with Gasteiger partial charge in [-0.15, -0.1) is 0 Å². The van der Waals surface area contributed by atoms with Crippen LogP contribution in [0, 0.1) is 5.41 Å². The van der Waals surface area contributed by atoms with Crippen LogP contribution in [0.5, 0.6) is 0 Å². The van der Waals surface area contributed by atoms with E-state index in [4.69, 9.17) is 9.47 Å². The Bertz CT molecular complexity index is 588. The second-order valence-electron chi connectivity index (χ2n) is 6.79. The van der Waals surface area contributed by atoms with Crippen molar-refractivity contribution >= 4 is 11.9 Å². The smallest absolute Gasteiger partial charge is 0.324 e. The van der Waals surface area contributed by atoms with Gasteiger partial charge in [0.1, 0.15) is 0 Å². The van der Waals surface area contributed by atoms with Crippen molar-refractivity contribution in [1.82, 2.24) is 0 Å². The summed E-state index contributed by atoms with van der Waals surface area (Å²) in [6, 6.07) is 6.34. The molecule has 0 amide bonds. The minimum Gasteiger partial charge on any atom is -0.465 e. The quantitative estimate of drug-likeness (QED) is 0.385. The Morgan fingerprint density at radius 3 is 2.16 bits per heavy atom. The lowest BCUT2D eigenvalue weighted by Gasteiger charge is -2.23. The van der Waals surface area contributed by atoms with Crippen LogP contribution in [0.4, 0.5) is 0 Å². The number of unbranched alkanes of at least 4 members (excludes halogenated alkanes) is 3. The first kappa shape index (κ1) is 19.5. The zero-order valence-corrected chi connectivity index (χ0v) is 15.7. The molecule has 25 heavy (non-hydrogen) atoms. The molecule has 1 aromatic carbocycles. The summed E-state index contributed by atoms with van der Waals surface area (Å²) in [5.41, 5.74) is 2.20. The molecule has 0 aromatic heterocycles. The molecule has 1 aliphatic carbocycles. The molecule has 4 nitrogen and oxygen atoms in total. The van der Waals surface area contributed by atoms with E-state index in [1.807, 2.05) is 0 Å². The van der Waals surface area contributed by atoms with E-state index in [1.165, 1.54) is 31.2 Å². The van der Waals surface area contributed by atoms with Gasteiger partial charge in [-0.2, -0.15) is 0 Å². The molecule has 0 heterocycles. The maximum Gasteiger partial charge on any atom is 0.324 e. The van der Waals surface area contributed by atoms with E-state index in [1.54, 1.807) is 13.8 Å². The first-order valence-corrected chi connectivity index (χ1v) is 9.52. The average Bonchev–Trinajstić information content (AvgIpc) is 2.99. The molecular weight excluding hydrogens is 316 g/mol. The average molecular weight is 346 g/mol. The summed E-state index contributed by atoms with van der Waals surface area (Å²) >= 11 is 0. The van der Waals surface area contributed by atoms with E-state index < -0.39 is 17.4 Å². The van der Waals surface area contributed by atoms with Gasteiger partial charge in [-0.25, -0.2) is 0 Å². The summed E-state index contributed by atoms with van der Waals surface area (Å²) in [6.07, 6.45) is 6.69. The number of ether oxygens (including phenoxy) is 2. The number of aryl methyl sites for hydroxylation is 1. The third-order valence-corrected chi connectivity index (χ3v) is 4.91. The Balaban J connectivity index is 2.17. The van der Waals surface area contributed by atoms with E-state index >= 15 is 0 Å². The van der Waals surface area contributed by atoms with Gasteiger partial charge in [0.15, 0.2) is 5.41 Å². The van der Waals surface area contributed by atoms with Crippen molar-refractivity contribution in [2.45, 2.75) is 65.7 Å². The monoisotopic (exact) mass is 346 g/mol. The molecule has 138 valence electrons. The van der Waals surface area contributed by atoms with Crippen molar-refractivity contribution in [2.24, 2.45) is 5.41 Å². The zero-order valence-electron chi connectivity index (χ0n) is 15.7. The first-order chi connectivity index (χ1) is 12.1. The van der Waals surface area contributed by atoms with Gasteiger partial charge in [0, 0.05) is 0 Å². The molecule has 0 unspecified atom stereocenters. The number of fused-ring (bicyclic) bond motifs is 1. The second-order valence-corrected chi connectivity index (χ2v) is 6.79. The molecule has 2 rings (SSSR count). The topological polar surface area (TPSA) is 52.6 Å².